The number of carbonyl (C=O) groups is 5. The van der Waals surface area contributed by atoms with Gasteiger partial charge in [-0.3, -0.25) is 24.0 Å². The minimum atomic E-state index is -0.806. The Bertz CT molecular complexity index is 3560. The van der Waals surface area contributed by atoms with Crippen LogP contribution in [0.3, 0.4) is 0 Å². The summed E-state index contributed by atoms with van der Waals surface area (Å²) in [5.74, 6) is -2.19. The molecule has 0 aliphatic rings. The number of hydrogen-bond donors (Lipinski definition) is 8. The van der Waals surface area contributed by atoms with Crippen LogP contribution in [0.15, 0.2) is 140 Å². The lowest BCUT2D eigenvalue weighted by atomic mass is 9.80. The number of phenolic OH excluding ortho intramolecular Hbond substituents is 8. The Morgan fingerprint density at radius 3 is 1.09 bits per heavy atom. The van der Waals surface area contributed by atoms with Gasteiger partial charge in [-0.1, -0.05) is 104 Å². The SMILES string of the molecule is CCC(C)(C)C(=O)OCc1ccc(O)c(O)c1.CCC(C)(C)C(=O)OCc1ccc(O)cc1.CCC(C)(C)C(=O)Oc1ccc(O)c(F)c1.CCC(C)(C)C(=O)Oc1ccc(O)c(O)c1.CCC(C)(C)C(=O)Oc1ccc(O)cc1.CCC(C)(C)c1cccc2c(O)cccc12. The van der Waals surface area contributed by atoms with Gasteiger partial charge in [-0.2, -0.15) is 0 Å². The van der Waals surface area contributed by atoms with Crippen molar-refractivity contribution in [1.82, 2.24) is 0 Å². The average molecular weight is 1330 g/mol. The molecule has 524 valence electrons. The molecule has 0 spiro atoms. The first-order chi connectivity index (χ1) is 44.6. The van der Waals surface area contributed by atoms with Crippen LogP contribution in [0.2, 0.25) is 0 Å². The molecule has 7 rings (SSSR count). The summed E-state index contributed by atoms with van der Waals surface area (Å²) in [6.07, 6.45) is 4.56. The van der Waals surface area contributed by atoms with E-state index in [1.807, 2.05) is 94.4 Å². The van der Waals surface area contributed by atoms with Crippen LogP contribution in [-0.4, -0.2) is 70.7 Å². The van der Waals surface area contributed by atoms with Gasteiger partial charge in [0, 0.05) is 17.5 Å². The zero-order chi connectivity index (χ0) is 73.2. The van der Waals surface area contributed by atoms with Gasteiger partial charge in [0.05, 0.1) is 27.1 Å². The van der Waals surface area contributed by atoms with Crippen molar-refractivity contribution >= 4 is 40.6 Å². The summed E-state index contributed by atoms with van der Waals surface area (Å²) in [6.45, 7) is 34.8. The lowest BCUT2D eigenvalue weighted by Crippen LogP contribution is -2.28. The van der Waals surface area contributed by atoms with Crippen molar-refractivity contribution in [2.24, 2.45) is 27.1 Å². The molecule has 7 aromatic rings. The molecule has 7 aromatic carbocycles. The Labute approximate surface area is 565 Å². The second kappa shape index (κ2) is 37.0. The van der Waals surface area contributed by atoms with Gasteiger partial charge in [-0.15, -0.1) is 0 Å². The smallest absolute Gasteiger partial charge is 0.316 e. The fourth-order valence-electron chi connectivity index (χ4n) is 7.10. The molecule has 0 aromatic heterocycles. The first-order valence-electron chi connectivity index (χ1n) is 31.9. The fourth-order valence-corrected chi connectivity index (χ4v) is 7.10. The van der Waals surface area contributed by atoms with E-state index in [1.54, 1.807) is 76.2 Å². The van der Waals surface area contributed by atoms with E-state index in [-0.39, 0.29) is 88.5 Å². The molecule has 0 fully saturated rings. The van der Waals surface area contributed by atoms with Crippen LogP contribution in [0.1, 0.15) is 180 Å². The van der Waals surface area contributed by atoms with Crippen molar-refractivity contribution in [3.8, 4) is 63.2 Å². The summed E-state index contributed by atoms with van der Waals surface area (Å²) < 4.78 is 38.6. The molecule has 8 N–H and O–H groups in total. The second-order valence-electron chi connectivity index (χ2n) is 26.7. The maximum Gasteiger partial charge on any atom is 0.316 e. The van der Waals surface area contributed by atoms with Crippen LogP contribution in [-0.2, 0) is 52.1 Å². The molecule has 0 heterocycles. The van der Waals surface area contributed by atoms with Crippen LogP contribution >= 0.6 is 0 Å². The summed E-state index contributed by atoms with van der Waals surface area (Å²) in [7, 11) is 0. The Hall–Kier alpha value is -9.52. The average Bonchev–Trinajstić information content (AvgIpc) is 0.789. The van der Waals surface area contributed by atoms with Crippen molar-refractivity contribution in [3.05, 3.63) is 162 Å². The van der Waals surface area contributed by atoms with E-state index in [2.05, 4.69) is 32.9 Å². The van der Waals surface area contributed by atoms with E-state index >= 15 is 0 Å². The summed E-state index contributed by atoms with van der Waals surface area (Å²) in [6, 6.07) is 36.4. The summed E-state index contributed by atoms with van der Waals surface area (Å²) >= 11 is 0. The number of hydrogen-bond acceptors (Lipinski definition) is 18. The minimum Gasteiger partial charge on any atom is -0.508 e. The molecule has 96 heavy (non-hydrogen) atoms. The Kier molecular flexibility index (Phi) is 31.8. The number of esters is 5. The Balaban J connectivity index is 0.000000392. The second-order valence-corrected chi connectivity index (χ2v) is 26.7. The fraction of sp³-hybridized carbons (Fsp3) is 0.416. The van der Waals surface area contributed by atoms with Gasteiger partial charge in [0.2, 0.25) is 0 Å². The van der Waals surface area contributed by atoms with Crippen molar-refractivity contribution in [2.45, 2.75) is 182 Å². The molecule has 18 nitrogen and oxygen atoms in total. The number of rotatable bonds is 19. The molecule has 0 unspecified atom stereocenters. The Morgan fingerprint density at radius 1 is 0.333 bits per heavy atom. The number of phenols is 8. The quantitative estimate of drug-likeness (QED) is 0.0212. The lowest BCUT2D eigenvalue weighted by Gasteiger charge is -2.25. The number of benzene rings is 7. The van der Waals surface area contributed by atoms with Gasteiger partial charge in [0.1, 0.15) is 47.7 Å². The first-order valence-corrected chi connectivity index (χ1v) is 31.9. The highest BCUT2D eigenvalue weighted by Gasteiger charge is 2.31. The Morgan fingerprint density at radius 2 is 0.677 bits per heavy atom. The predicted molar refractivity (Wildman–Crippen MR) is 370 cm³/mol. The zero-order valence-corrected chi connectivity index (χ0v) is 59.0. The predicted octanol–water partition coefficient (Wildman–Crippen LogP) is 17.7. The zero-order valence-electron chi connectivity index (χ0n) is 59.0. The number of ether oxygens (including phenoxy) is 5. The summed E-state index contributed by atoms with van der Waals surface area (Å²) in [4.78, 5) is 58.4. The standard InChI is InChI=1S/C15H18O.C13H18O4.C13H18O3.C12H15FO3.C12H16O4.C12H16O3/c1-4-15(2,3)13-9-5-8-12-11(13)7-6-10-14(12)16;1-4-13(2,3)12(16)17-8-9-5-6-10(14)11(15)7-9;1-4-13(2,3)12(15)16-9-10-5-7-11(14)8-6-10;1-4-12(2,3)11(15)16-8-5-6-10(14)9(13)7-8;1-4-12(2,3)11(15)16-8-5-6-9(13)10(14)7-8;1-4-12(2,3)11(14)15-10-7-5-9(13)6-8-10/h5-10,16H,4H2,1-3H3;5-7,14-15H,4,8H2,1-3H3;5-8,14H,4,9H2,1-3H3;5-7,14H,4H2,1-3H3;5-7,13-14H,4H2,1-3H3;5-8,13H,4H2,1-3H3. The monoisotopic (exact) mass is 1330 g/mol. The van der Waals surface area contributed by atoms with Crippen LogP contribution in [0, 0.1) is 32.9 Å². The first kappa shape index (κ1) is 82.6. The highest BCUT2D eigenvalue weighted by molar-refractivity contribution is 5.91. The van der Waals surface area contributed by atoms with E-state index in [0.717, 1.165) is 47.7 Å². The van der Waals surface area contributed by atoms with E-state index in [4.69, 9.17) is 49.2 Å². The van der Waals surface area contributed by atoms with Crippen LogP contribution in [0.4, 0.5) is 4.39 Å². The largest absolute Gasteiger partial charge is 0.508 e. The van der Waals surface area contributed by atoms with Crippen molar-refractivity contribution in [3.63, 3.8) is 0 Å². The van der Waals surface area contributed by atoms with Crippen LogP contribution < -0.4 is 14.2 Å². The third-order valence-corrected chi connectivity index (χ3v) is 16.7. The number of aromatic hydroxyl groups is 8. The van der Waals surface area contributed by atoms with Gasteiger partial charge in [0.15, 0.2) is 34.6 Å². The minimum absolute atomic E-state index is 0.0934. The molecule has 0 aliphatic heterocycles. The van der Waals surface area contributed by atoms with E-state index in [1.165, 1.54) is 54.1 Å². The van der Waals surface area contributed by atoms with Gasteiger partial charge >= 0.3 is 29.8 Å². The van der Waals surface area contributed by atoms with Crippen molar-refractivity contribution in [2.75, 3.05) is 0 Å². The normalized spacial score (nSPS) is 11.3. The molecular formula is C77H101FO18. The topological polar surface area (TPSA) is 293 Å². The van der Waals surface area contributed by atoms with E-state index < -0.39 is 44.6 Å². The molecule has 0 radical (unpaired) electrons. The number of carbonyl (C=O) groups excluding carboxylic acids is 5. The molecule has 0 bridgehead atoms. The number of halogens is 1. The van der Waals surface area contributed by atoms with Crippen LogP contribution in [0.25, 0.3) is 10.8 Å². The van der Waals surface area contributed by atoms with Gasteiger partial charge in [-0.25, -0.2) is 4.39 Å². The highest BCUT2D eigenvalue weighted by atomic mass is 19.1. The molecule has 0 saturated carbocycles. The van der Waals surface area contributed by atoms with Crippen molar-refractivity contribution < 1.29 is 92.9 Å². The van der Waals surface area contributed by atoms with Crippen molar-refractivity contribution in [1.29, 1.82) is 0 Å². The molecular weight excluding hydrogens is 1230 g/mol. The summed E-state index contributed by atoms with van der Waals surface area (Å²) in [5.41, 5.74) is 0.394. The van der Waals surface area contributed by atoms with Gasteiger partial charge in [0.25, 0.3) is 0 Å². The summed E-state index contributed by atoms with van der Waals surface area (Å²) in [5, 5.41) is 75.8. The maximum absolute atomic E-state index is 13.0. The number of fused-ring (bicyclic) bond motifs is 1. The molecule has 19 heteroatoms. The molecule has 0 saturated heterocycles. The third-order valence-electron chi connectivity index (χ3n) is 16.7. The molecule has 0 amide bonds. The molecule has 0 aliphatic carbocycles. The third kappa shape index (κ3) is 26.3. The highest BCUT2D eigenvalue weighted by Crippen LogP contribution is 2.37. The van der Waals surface area contributed by atoms with E-state index in [0.29, 0.717) is 36.3 Å². The maximum atomic E-state index is 13.0. The van der Waals surface area contributed by atoms with Gasteiger partial charge < -0.3 is 64.5 Å². The molecule has 0 atom stereocenters. The van der Waals surface area contributed by atoms with Gasteiger partial charge in [-0.05, 0) is 214 Å². The lowest BCUT2D eigenvalue weighted by molar-refractivity contribution is -0.156. The van der Waals surface area contributed by atoms with Crippen LogP contribution in [0.5, 0.6) is 63.2 Å². The van der Waals surface area contributed by atoms with E-state index in [9.17, 15) is 43.7 Å².